The topological polar surface area (TPSA) is 76.1 Å². The maximum Gasteiger partial charge on any atom is 0.410 e. The first-order valence-electron chi connectivity index (χ1n) is 11.1. The molecule has 0 atom stereocenters. The van der Waals surface area contributed by atoms with E-state index in [2.05, 4.69) is 0 Å². The van der Waals surface area contributed by atoms with Crippen LogP contribution < -0.4 is 0 Å². The van der Waals surface area contributed by atoms with Crippen molar-refractivity contribution >= 4 is 34.7 Å². The number of amides is 1. The third-order valence-electron chi connectivity index (χ3n) is 6.34. The number of ether oxygens (including phenoxy) is 2. The zero-order chi connectivity index (χ0) is 23.0. The number of nitrogens with zero attached hydrogens (tertiary/aromatic N) is 1. The molecule has 1 amide bonds. The fourth-order valence-electron chi connectivity index (χ4n) is 4.69. The highest BCUT2D eigenvalue weighted by Crippen LogP contribution is 2.51. The second-order valence-corrected chi connectivity index (χ2v) is 11.8. The third kappa shape index (κ3) is 4.72. The van der Waals surface area contributed by atoms with Gasteiger partial charge < -0.3 is 19.5 Å². The van der Waals surface area contributed by atoms with Gasteiger partial charge in [0, 0.05) is 13.1 Å². The van der Waals surface area contributed by atoms with Crippen molar-refractivity contribution in [1.82, 2.24) is 4.90 Å². The number of carbonyl (C=O) groups is 2. The lowest BCUT2D eigenvalue weighted by Crippen LogP contribution is -2.47. The Bertz CT molecular complexity index is 892. The standard InChI is InChI=1S/C24H31NO5S2/c1-22(2,3)30-21(27)25-11-6-9-23(10-12-25)15-17(16-23)29-20(26)24(28,18-7-4-13-31-18)19-8-5-14-32-19/h4-5,7-8,13-14,17,28H,6,9-12,15-16H2,1-3H3. The van der Waals surface area contributed by atoms with Crippen molar-refractivity contribution in [3.63, 3.8) is 0 Å². The van der Waals surface area contributed by atoms with Crippen LogP contribution in [0.1, 0.15) is 62.6 Å². The van der Waals surface area contributed by atoms with E-state index in [0.717, 1.165) is 32.1 Å². The summed E-state index contributed by atoms with van der Waals surface area (Å²) < 4.78 is 11.4. The van der Waals surface area contributed by atoms with Gasteiger partial charge in [0.1, 0.15) is 11.7 Å². The fraction of sp³-hybridized carbons (Fsp3) is 0.583. The lowest BCUT2D eigenvalue weighted by molar-refractivity contribution is -0.179. The lowest BCUT2D eigenvalue weighted by Gasteiger charge is -2.47. The highest BCUT2D eigenvalue weighted by atomic mass is 32.1. The number of thiophene rings is 2. The summed E-state index contributed by atoms with van der Waals surface area (Å²) in [7, 11) is 0. The molecule has 0 bridgehead atoms. The smallest absolute Gasteiger partial charge is 0.410 e. The molecule has 4 rings (SSSR count). The highest BCUT2D eigenvalue weighted by Gasteiger charge is 2.50. The lowest BCUT2D eigenvalue weighted by atomic mass is 9.62. The number of hydrogen-bond donors (Lipinski definition) is 1. The number of aliphatic hydroxyl groups is 1. The molecule has 0 unspecified atom stereocenters. The van der Waals surface area contributed by atoms with Gasteiger partial charge in [-0.1, -0.05) is 12.1 Å². The summed E-state index contributed by atoms with van der Waals surface area (Å²) in [5, 5.41) is 15.1. The normalized spacial score (nSPS) is 24.0. The first-order chi connectivity index (χ1) is 15.1. The van der Waals surface area contributed by atoms with Crippen molar-refractivity contribution in [2.45, 2.75) is 70.2 Å². The molecule has 1 aliphatic heterocycles. The Balaban J connectivity index is 1.36. The minimum Gasteiger partial charge on any atom is -0.460 e. The maximum absolute atomic E-state index is 13.1. The Morgan fingerprint density at radius 1 is 1.06 bits per heavy atom. The molecule has 0 radical (unpaired) electrons. The van der Waals surface area contributed by atoms with E-state index in [9.17, 15) is 14.7 Å². The number of carbonyl (C=O) groups excluding carboxylic acids is 2. The molecule has 1 N–H and O–H groups in total. The van der Waals surface area contributed by atoms with Crippen LogP contribution in [0.3, 0.4) is 0 Å². The van der Waals surface area contributed by atoms with Crippen LogP contribution in [0.15, 0.2) is 35.0 Å². The van der Waals surface area contributed by atoms with Gasteiger partial charge in [-0.2, -0.15) is 0 Å². The summed E-state index contributed by atoms with van der Waals surface area (Å²) in [5.74, 6) is -0.605. The average molecular weight is 478 g/mol. The van der Waals surface area contributed by atoms with Crippen LogP contribution in [0.5, 0.6) is 0 Å². The van der Waals surface area contributed by atoms with E-state index >= 15 is 0 Å². The van der Waals surface area contributed by atoms with Crippen molar-refractivity contribution in [3.8, 4) is 0 Å². The van der Waals surface area contributed by atoms with Crippen molar-refractivity contribution in [2.24, 2.45) is 5.41 Å². The monoisotopic (exact) mass is 477 g/mol. The third-order valence-corrected chi connectivity index (χ3v) is 8.30. The highest BCUT2D eigenvalue weighted by molar-refractivity contribution is 7.12. The van der Waals surface area contributed by atoms with Crippen LogP contribution in [0.4, 0.5) is 4.79 Å². The zero-order valence-electron chi connectivity index (χ0n) is 18.8. The summed E-state index contributed by atoms with van der Waals surface area (Å²) >= 11 is 2.69. The van der Waals surface area contributed by atoms with Crippen LogP contribution >= 0.6 is 22.7 Å². The summed E-state index contributed by atoms with van der Waals surface area (Å²) in [6.45, 7) is 6.98. The summed E-state index contributed by atoms with van der Waals surface area (Å²) in [6, 6.07) is 7.19. The molecule has 174 valence electrons. The van der Waals surface area contributed by atoms with Crippen molar-refractivity contribution in [2.75, 3.05) is 13.1 Å². The first kappa shape index (κ1) is 23.3. The van der Waals surface area contributed by atoms with Crippen molar-refractivity contribution in [1.29, 1.82) is 0 Å². The Morgan fingerprint density at radius 3 is 2.22 bits per heavy atom. The fourth-order valence-corrected chi connectivity index (χ4v) is 6.40. The Hall–Kier alpha value is -1.90. The quantitative estimate of drug-likeness (QED) is 0.616. The zero-order valence-corrected chi connectivity index (χ0v) is 20.5. The van der Waals surface area contributed by atoms with E-state index in [-0.39, 0.29) is 17.6 Å². The molecule has 1 saturated carbocycles. The summed E-state index contributed by atoms with van der Waals surface area (Å²) in [5.41, 5.74) is -2.17. The van der Waals surface area contributed by atoms with Gasteiger partial charge >= 0.3 is 12.1 Å². The van der Waals surface area contributed by atoms with Crippen LogP contribution in [0.2, 0.25) is 0 Å². The molecule has 2 aromatic heterocycles. The number of likely N-dealkylation sites (tertiary alicyclic amines) is 1. The molecule has 8 heteroatoms. The first-order valence-corrected chi connectivity index (χ1v) is 12.9. The maximum atomic E-state index is 13.1. The van der Waals surface area contributed by atoms with E-state index in [0.29, 0.717) is 22.8 Å². The largest absolute Gasteiger partial charge is 0.460 e. The van der Waals surface area contributed by atoms with E-state index in [4.69, 9.17) is 9.47 Å². The van der Waals surface area contributed by atoms with Gasteiger partial charge in [0.15, 0.2) is 0 Å². The number of esters is 1. The predicted molar refractivity (Wildman–Crippen MR) is 125 cm³/mol. The van der Waals surface area contributed by atoms with Crippen LogP contribution in [0, 0.1) is 5.41 Å². The molecule has 1 aliphatic carbocycles. The molecule has 1 saturated heterocycles. The molecule has 2 aliphatic rings. The number of rotatable bonds is 4. The molecule has 3 heterocycles. The van der Waals surface area contributed by atoms with Crippen molar-refractivity contribution < 1.29 is 24.2 Å². The van der Waals surface area contributed by atoms with Crippen molar-refractivity contribution in [3.05, 3.63) is 44.8 Å². The molecule has 6 nitrogen and oxygen atoms in total. The van der Waals surface area contributed by atoms with Gasteiger partial charge in [0.05, 0.1) is 9.75 Å². The van der Waals surface area contributed by atoms with E-state index < -0.39 is 17.2 Å². The van der Waals surface area contributed by atoms with E-state index in [1.54, 1.807) is 17.0 Å². The van der Waals surface area contributed by atoms with Gasteiger partial charge in [-0.15, -0.1) is 22.7 Å². The van der Waals surface area contributed by atoms with Gasteiger partial charge in [-0.25, -0.2) is 9.59 Å². The Kier molecular flexibility index (Phi) is 6.40. The second kappa shape index (κ2) is 8.80. The SMILES string of the molecule is CC(C)(C)OC(=O)N1CCCC2(CC1)CC(OC(=O)C(O)(c1cccs1)c1cccs1)C2. The molecule has 2 aromatic rings. The number of hydrogen-bond acceptors (Lipinski definition) is 7. The molecule has 32 heavy (non-hydrogen) atoms. The van der Waals surface area contributed by atoms with Gasteiger partial charge in [0.25, 0.3) is 0 Å². The van der Waals surface area contributed by atoms with Crippen LogP contribution in [-0.4, -0.2) is 46.9 Å². The molecule has 2 fully saturated rings. The minimum absolute atomic E-state index is 0.0890. The summed E-state index contributed by atoms with van der Waals surface area (Å²) in [6.07, 6.45) is 3.86. The molecule has 0 aromatic carbocycles. The molecular formula is C24H31NO5S2. The Labute approximate surface area is 197 Å². The molecule has 1 spiro atoms. The minimum atomic E-state index is -1.76. The van der Waals surface area contributed by atoms with Crippen LogP contribution in [0.25, 0.3) is 0 Å². The van der Waals surface area contributed by atoms with Gasteiger partial charge in [0.2, 0.25) is 5.60 Å². The molecular weight excluding hydrogens is 446 g/mol. The van der Waals surface area contributed by atoms with Crippen LogP contribution in [-0.2, 0) is 19.9 Å². The second-order valence-electron chi connectivity index (χ2n) is 9.92. The van der Waals surface area contributed by atoms with Gasteiger partial charge in [-0.3, -0.25) is 0 Å². The summed E-state index contributed by atoms with van der Waals surface area (Å²) in [4.78, 5) is 28.5. The average Bonchev–Trinajstić information content (AvgIpc) is 3.37. The predicted octanol–water partition coefficient (Wildman–Crippen LogP) is 5.16. The Morgan fingerprint density at radius 2 is 1.69 bits per heavy atom. The van der Waals surface area contributed by atoms with E-state index in [1.807, 2.05) is 43.7 Å². The van der Waals surface area contributed by atoms with E-state index in [1.165, 1.54) is 22.7 Å². The van der Waals surface area contributed by atoms with Gasteiger partial charge in [-0.05, 0) is 81.2 Å².